The van der Waals surface area contributed by atoms with Gasteiger partial charge < -0.3 is 10.0 Å². The highest BCUT2D eigenvalue weighted by molar-refractivity contribution is 5.76. The van der Waals surface area contributed by atoms with Crippen molar-refractivity contribution in [1.29, 1.82) is 0 Å². The Bertz CT molecular complexity index is 667. The molecule has 0 unspecified atom stereocenters. The Labute approximate surface area is 141 Å². The van der Waals surface area contributed by atoms with Gasteiger partial charge in [0.15, 0.2) is 0 Å². The highest BCUT2D eigenvalue weighted by Gasteiger charge is 2.15. The van der Waals surface area contributed by atoms with E-state index in [1.54, 1.807) is 15.8 Å². The minimum atomic E-state index is -0.836. The number of carboxylic acids is 1. The minimum Gasteiger partial charge on any atom is -0.481 e. The summed E-state index contributed by atoms with van der Waals surface area (Å²) in [6, 6.07) is 11.6. The summed E-state index contributed by atoms with van der Waals surface area (Å²) in [5, 5.41) is 12.9. The van der Waals surface area contributed by atoms with Crippen molar-refractivity contribution in [3.63, 3.8) is 0 Å². The van der Waals surface area contributed by atoms with Crippen LogP contribution in [0, 0.1) is 0 Å². The Hall–Kier alpha value is -2.63. The highest BCUT2D eigenvalue weighted by atomic mass is 16.4. The van der Waals surface area contributed by atoms with Crippen molar-refractivity contribution in [2.45, 2.75) is 32.2 Å². The van der Waals surface area contributed by atoms with Crippen LogP contribution < -0.4 is 0 Å². The van der Waals surface area contributed by atoms with Crippen molar-refractivity contribution in [3.05, 3.63) is 53.9 Å². The van der Waals surface area contributed by atoms with Crippen molar-refractivity contribution in [3.8, 4) is 0 Å². The van der Waals surface area contributed by atoms with E-state index in [0.717, 1.165) is 11.3 Å². The van der Waals surface area contributed by atoms with E-state index in [1.807, 2.05) is 43.4 Å². The third kappa shape index (κ3) is 5.53. The van der Waals surface area contributed by atoms with E-state index in [-0.39, 0.29) is 12.3 Å². The molecule has 0 radical (unpaired) electrons. The Kier molecular flexibility index (Phi) is 6.54. The van der Waals surface area contributed by atoms with Gasteiger partial charge in [0.1, 0.15) is 0 Å². The van der Waals surface area contributed by atoms with Crippen LogP contribution in [0.5, 0.6) is 0 Å². The summed E-state index contributed by atoms with van der Waals surface area (Å²) in [5.41, 5.74) is 2.05. The van der Waals surface area contributed by atoms with Gasteiger partial charge in [-0.1, -0.05) is 30.3 Å². The molecular weight excluding hydrogens is 306 g/mol. The van der Waals surface area contributed by atoms with E-state index in [0.29, 0.717) is 32.4 Å². The van der Waals surface area contributed by atoms with Crippen LogP contribution in [0.1, 0.15) is 30.5 Å². The number of rotatable bonds is 9. The molecule has 0 saturated carbocycles. The molecular formula is C18H23N3O3. The molecule has 0 bridgehead atoms. The molecule has 24 heavy (non-hydrogen) atoms. The van der Waals surface area contributed by atoms with Crippen LogP contribution in [0.15, 0.2) is 42.6 Å². The summed E-state index contributed by atoms with van der Waals surface area (Å²) in [6.07, 6.45) is 3.26. The molecule has 0 fully saturated rings. The lowest BCUT2D eigenvalue weighted by Crippen LogP contribution is -2.32. The molecule has 1 aromatic carbocycles. The monoisotopic (exact) mass is 329 g/mol. The predicted molar refractivity (Wildman–Crippen MR) is 90.3 cm³/mol. The summed E-state index contributed by atoms with van der Waals surface area (Å²) in [4.78, 5) is 25.0. The van der Waals surface area contributed by atoms with Crippen LogP contribution in [0.2, 0.25) is 0 Å². The first-order valence-corrected chi connectivity index (χ1v) is 8.06. The predicted octanol–water partition coefficient (Wildman–Crippen LogP) is 2.25. The van der Waals surface area contributed by atoms with Gasteiger partial charge in [-0.25, -0.2) is 0 Å². The summed E-state index contributed by atoms with van der Waals surface area (Å²) in [5.74, 6) is -0.803. The van der Waals surface area contributed by atoms with E-state index < -0.39 is 5.97 Å². The molecule has 0 aliphatic rings. The van der Waals surface area contributed by atoms with Crippen LogP contribution in [-0.4, -0.2) is 38.2 Å². The fourth-order valence-corrected chi connectivity index (χ4v) is 2.56. The third-order valence-electron chi connectivity index (χ3n) is 3.91. The number of hydrogen-bond acceptors (Lipinski definition) is 3. The number of carbonyl (C=O) groups is 2. The van der Waals surface area contributed by atoms with Gasteiger partial charge in [0.25, 0.3) is 0 Å². The second-order valence-corrected chi connectivity index (χ2v) is 5.74. The van der Waals surface area contributed by atoms with Crippen LogP contribution in [-0.2, 0) is 29.6 Å². The Morgan fingerprint density at radius 1 is 1.17 bits per heavy atom. The van der Waals surface area contributed by atoms with Gasteiger partial charge >= 0.3 is 5.97 Å². The molecule has 1 aromatic heterocycles. The number of carbonyl (C=O) groups excluding carboxylic acids is 1. The SMILES string of the molecule is Cn1nccc1CCC(=O)N(CCCC(=O)O)Cc1ccccc1. The Morgan fingerprint density at radius 2 is 1.92 bits per heavy atom. The Morgan fingerprint density at radius 3 is 2.54 bits per heavy atom. The molecule has 1 N–H and O–H groups in total. The maximum atomic E-state index is 12.6. The zero-order valence-electron chi connectivity index (χ0n) is 13.9. The number of aromatic nitrogens is 2. The van der Waals surface area contributed by atoms with Gasteiger partial charge in [0.05, 0.1) is 0 Å². The topological polar surface area (TPSA) is 75.4 Å². The molecule has 6 heteroatoms. The largest absolute Gasteiger partial charge is 0.481 e. The van der Waals surface area contributed by atoms with E-state index in [1.165, 1.54) is 0 Å². The first-order valence-electron chi connectivity index (χ1n) is 8.06. The molecule has 2 aromatic rings. The van der Waals surface area contributed by atoms with Crippen molar-refractivity contribution in [1.82, 2.24) is 14.7 Å². The van der Waals surface area contributed by atoms with Gasteiger partial charge in [-0.3, -0.25) is 14.3 Å². The van der Waals surface area contributed by atoms with Gasteiger partial charge in [0, 0.05) is 44.9 Å². The average molecular weight is 329 g/mol. The fraction of sp³-hybridized carbons (Fsp3) is 0.389. The van der Waals surface area contributed by atoms with Gasteiger partial charge in [-0.05, 0) is 24.5 Å². The zero-order valence-corrected chi connectivity index (χ0v) is 13.9. The second-order valence-electron chi connectivity index (χ2n) is 5.74. The number of aliphatic carboxylic acids is 1. The van der Waals surface area contributed by atoms with Crippen molar-refractivity contribution in [2.24, 2.45) is 7.05 Å². The third-order valence-corrected chi connectivity index (χ3v) is 3.91. The van der Waals surface area contributed by atoms with Crippen molar-refractivity contribution in [2.75, 3.05) is 6.54 Å². The highest BCUT2D eigenvalue weighted by Crippen LogP contribution is 2.10. The summed E-state index contributed by atoms with van der Waals surface area (Å²) >= 11 is 0. The van der Waals surface area contributed by atoms with Crippen LogP contribution >= 0.6 is 0 Å². The lowest BCUT2D eigenvalue weighted by Gasteiger charge is -2.23. The molecule has 1 heterocycles. The molecule has 6 nitrogen and oxygen atoms in total. The maximum absolute atomic E-state index is 12.6. The number of nitrogens with zero attached hydrogens (tertiary/aromatic N) is 3. The van der Waals surface area contributed by atoms with Crippen molar-refractivity contribution < 1.29 is 14.7 Å². The zero-order chi connectivity index (χ0) is 17.4. The summed E-state index contributed by atoms with van der Waals surface area (Å²) < 4.78 is 1.76. The first kappa shape index (κ1) is 17.7. The summed E-state index contributed by atoms with van der Waals surface area (Å²) in [6.45, 7) is 0.954. The fourth-order valence-electron chi connectivity index (χ4n) is 2.56. The number of amides is 1. The molecule has 2 rings (SSSR count). The van der Waals surface area contributed by atoms with Gasteiger partial charge in [0.2, 0.25) is 5.91 Å². The smallest absolute Gasteiger partial charge is 0.303 e. The van der Waals surface area contributed by atoms with Crippen molar-refractivity contribution >= 4 is 11.9 Å². The summed E-state index contributed by atoms with van der Waals surface area (Å²) in [7, 11) is 1.86. The van der Waals surface area contributed by atoms with E-state index in [9.17, 15) is 9.59 Å². The van der Waals surface area contributed by atoms with Gasteiger partial charge in [-0.15, -0.1) is 0 Å². The van der Waals surface area contributed by atoms with Gasteiger partial charge in [-0.2, -0.15) is 5.10 Å². The van der Waals surface area contributed by atoms with E-state index in [2.05, 4.69) is 5.10 Å². The first-order chi connectivity index (χ1) is 11.6. The number of carboxylic acid groups (broad SMARTS) is 1. The lowest BCUT2D eigenvalue weighted by atomic mass is 10.1. The molecule has 0 atom stereocenters. The number of aryl methyl sites for hydroxylation is 2. The maximum Gasteiger partial charge on any atom is 0.303 e. The number of hydrogen-bond donors (Lipinski definition) is 1. The molecule has 0 spiro atoms. The minimum absolute atomic E-state index is 0.0328. The average Bonchev–Trinajstić information content (AvgIpc) is 2.97. The van der Waals surface area contributed by atoms with E-state index >= 15 is 0 Å². The van der Waals surface area contributed by atoms with Crippen LogP contribution in [0.4, 0.5) is 0 Å². The van der Waals surface area contributed by atoms with Crippen LogP contribution in [0.3, 0.4) is 0 Å². The molecule has 0 saturated heterocycles. The van der Waals surface area contributed by atoms with E-state index in [4.69, 9.17) is 5.11 Å². The Balaban J connectivity index is 1.96. The molecule has 128 valence electrons. The number of benzene rings is 1. The second kappa shape index (κ2) is 8.86. The standard InChI is InChI=1S/C18H23N3O3/c1-20-16(11-12-19-20)9-10-17(22)21(13-5-8-18(23)24)14-15-6-3-2-4-7-15/h2-4,6-7,11-12H,5,8-10,13-14H2,1H3,(H,23,24). The lowest BCUT2D eigenvalue weighted by molar-refractivity contribution is -0.138. The quantitative estimate of drug-likeness (QED) is 0.765. The normalized spacial score (nSPS) is 10.5. The molecule has 0 aliphatic heterocycles. The van der Waals surface area contributed by atoms with Crippen LogP contribution in [0.25, 0.3) is 0 Å². The molecule has 0 aliphatic carbocycles. The molecule has 1 amide bonds.